The van der Waals surface area contributed by atoms with E-state index in [1.54, 1.807) is 0 Å². The van der Waals surface area contributed by atoms with Crippen LogP contribution in [-0.2, 0) is 11.2 Å². The van der Waals surface area contributed by atoms with Crippen molar-refractivity contribution in [1.29, 1.82) is 0 Å². The van der Waals surface area contributed by atoms with Crippen LogP contribution in [0.1, 0.15) is 102 Å². The van der Waals surface area contributed by atoms with Gasteiger partial charge in [-0.1, -0.05) is 93.7 Å². The summed E-state index contributed by atoms with van der Waals surface area (Å²) in [5, 5.41) is 2.26. The van der Waals surface area contributed by atoms with Crippen molar-refractivity contribution in [3.8, 4) is 5.75 Å². The molecule has 1 heterocycles. The summed E-state index contributed by atoms with van der Waals surface area (Å²) in [7, 11) is 0. The van der Waals surface area contributed by atoms with Crippen molar-refractivity contribution in [1.82, 2.24) is 4.90 Å². The molecule has 37 heavy (non-hydrogen) atoms. The highest BCUT2D eigenvalue weighted by Gasteiger charge is 2.14. The number of esters is 1. The Bertz CT molecular complexity index is 966. The van der Waals surface area contributed by atoms with E-state index in [2.05, 4.69) is 60.4 Å². The highest BCUT2D eigenvalue weighted by Crippen LogP contribution is 2.30. The highest BCUT2D eigenvalue weighted by molar-refractivity contribution is 5.93. The second-order valence-corrected chi connectivity index (χ2v) is 10.5. The fourth-order valence-corrected chi connectivity index (χ4v) is 5.21. The van der Waals surface area contributed by atoms with Crippen LogP contribution in [0.3, 0.4) is 0 Å². The van der Waals surface area contributed by atoms with Crippen LogP contribution in [0.5, 0.6) is 5.75 Å². The molecule has 0 atom stereocenters. The number of fused-ring (bicyclic) bond motifs is 1. The fraction of sp³-hybridized carbons (Fsp3) is 0.559. The Morgan fingerprint density at radius 1 is 0.838 bits per heavy atom. The lowest BCUT2D eigenvalue weighted by atomic mass is 10.0. The van der Waals surface area contributed by atoms with Crippen LogP contribution in [0.2, 0.25) is 0 Å². The van der Waals surface area contributed by atoms with Gasteiger partial charge in [0.1, 0.15) is 5.75 Å². The Kier molecular flexibility index (Phi) is 14.2. The number of benzene rings is 2. The van der Waals surface area contributed by atoms with Gasteiger partial charge in [0.25, 0.3) is 0 Å². The summed E-state index contributed by atoms with van der Waals surface area (Å²) in [6.07, 6.45) is 26.4. The van der Waals surface area contributed by atoms with E-state index in [1.165, 1.54) is 76.4 Å². The monoisotopic (exact) mass is 503 g/mol. The van der Waals surface area contributed by atoms with E-state index in [9.17, 15) is 4.79 Å². The first-order valence-corrected chi connectivity index (χ1v) is 15.0. The molecular formula is C34H49NO2. The first-order chi connectivity index (χ1) is 18.3. The predicted molar refractivity (Wildman–Crippen MR) is 158 cm³/mol. The van der Waals surface area contributed by atoms with Gasteiger partial charge < -0.3 is 9.64 Å². The van der Waals surface area contributed by atoms with Gasteiger partial charge in [-0.3, -0.25) is 4.79 Å². The van der Waals surface area contributed by atoms with Crippen molar-refractivity contribution in [3.05, 3.63) is 66.3 Å². The third-order valence-electron chi connectivity index (χ3n) is 7.40. The SMILES string of the molecule is CCCCC/C=C\C/C=C\CCCCCCCC(=O)Oc1cccc2cccc(CCN3CCCC3)c12. The average molecular weight is 504 g/mol. The summed E-state index contributed by atoms with van der Waals surface area (Å²) in [6, 6.07) is 12.5. The van der Waals surface area contributed by atoms with Crippen LogP contribution in [0.25, 0.3) is 10.8 Å². The van der Waals surface area contributed by atoms with Gasteiger partial charge in [-0.25, -0.2) is 0 Å². The van der Waals surface area contributed by atoms with Crippen LogP contribution in [-0.4, -0.2) is 30.5 Å². The standard InChI is InChI=1S/C34H49NO2/c1-2-3-4-5-6-7-8-9-10-11-12-13-14-15-16-25-33(36)37-32-24-20-23-30-21-19-22-31(34(30)32)26-29-35-27-17-18-28-35/h6-7,9-10,19-24H,2-5,8,11-18,25-29H2,1H3/b7-6-,10-9-. The maximum atomic E-state index is 12.6. The lowest BCUT2D eigenvalue weighted by Crippen LogP contribution is -2.22. The lowest BCUT2D eigenvalue weighted by Gasteiger charge is -2.16. The first-order valence-electron chi connectivity index (χ1n) is 15.0. The van der Waals surface area contributed by atoms with Crippen LogP contribution >= 0.6 is 0 Å². The van der Waals surface area contributed by atoms with Crippen LogP contribution in [0, 0.1) is 0 Å². The minimum atomic E-state index is -0.104. The first kappa shape index (κ1) is 29.2. The molecule has 0 amide bonds. The van der Waals surface area contributed by atoms with E-state index < -0.39 is 0 Å². The molecule has 0 unspecified atom stereocenters. The second kappa shape index (κ2) is 18.0. The number of rotatable bonds is 18. The number of nitrogens with zero attached hydrogens (tertiary/aromatic N) is 1. The summed E-state index contributed by atoms with van der Waals surface area (Å²) in [5.41, 5.74) is 1.28. The molecule has 1 aliphatic rings. The zero-order chi connectivity index (χ0) is 26.0. The average Bonchev–Trinajstić information content (AvgIpc) is 3.43. The zero-order valence-corrected chi connectivity index (χ0v) is 23.3. The lowest BCUT2D eigenvalue weighted by molar-refractivity contribution is -0.134. The van der Waals surface area contributed by atoms with Crippen LogP contribution < -0.4 is 4.74 Å². The summed E-state index contributed by atoms with van der Waals surface area (Å²) in [6.45, 7) is 5.74. The molecule has 1 fully saturated rings. The molecule has 3 nitrogen and oxygen atoms in total. The molecule has 3 rings (SSSR count). The molecule has 2 aromatic carbocycles. The molecule has 0 N–H and O–H groups in total. The smallest absolute Gasteiger partial charge is 0.311 e. The van der Waals surface area contributed by atoms with Gasteiger partial charge in [-0.05, 0) is 87.9 Å². The number of unbranched alkanes of at least 4 members (excludes halogenated alkanes) is 8. The molecule has 1 saturated heterocycles. The van der Waals surface area contributed by atoms with Crippen molar-refractivity contribution < 1.29 is 9.53 Å². The van der Waals surface area contributed by atoms with E-state index in [4.69, 9.17) is 4.74 Å². The van der Waals surface area contributed by atoms with Gasteiger partial charge in [0.15, 0.2) is 0 Å². The molecular weight excluding hydrogens is 454 g/mol. The van der Waals surface area contributed by atoms with E-state index in [-0.39, 0.29) is 5.97 Å². The highest BCUT2D eigenvalue weighted by atomic mass is 16.5. The maximum absolute atomic E-state index is 12.6. The van der Waals surface area contributed by atoms with E-state index in [1.807, 2.05) is 12.1 Å². The second-order valence-electron chi connectivity index (χ2n) is 10.5. The van der Waals surface area contributed by atoms with Gasteiger partial charge in [0, 0.05) is 18.4 Å². The number of carbonyl (C=O) groups is 1. The quantitative estimate of drug-likeness (QED) is 0.0878. The van der Waals surface area contributed by atoms with Gasteiger partial charge in [0.2, 0.25) is 0 Å². The normalized spacial score (nSPS) is 14.4. The van der Waals surface area contributed by atoms with Gasteiger partial charge >= 0.3 is 5.97 Å². The predicted octanol–water partition coefficient (Wildman–Crippen LogP) is 9.20. The number of likely N-dealkylation sites (tertiary alicyclic amines) is 1. The topological polar surface area (TPSA) is 29.5 Å². The van der Waals surface area contributed by atoms with Crippen molar-refractivity contribution >= 4 is 16.7 Å². The summed E-state index contributed by atoms with van der Waals surface area (Å²) >= 11 is 0. The minimum absolute atomic E-state index is 0.104. The van der Waals surface area contributed by atoms with Crippen molar-refractivity contribution in [2.75, 3.05) is 19.6 Å². The zero-order valence-electron chi connectivity index (χ0n) is 23.3. The number of allylic oxidation sites excluding steroid dienone is 4. The molecule has 2 aromatic rings. The Labute approximate surface area is 226 Å². The van der Waals surface area contributed by atoms with Crippen LogP contribution in [0.15, 0.2) is 60.7 Å². The van der Waals surface area contributed by atoms with E-state index >= 15 is 0 Å². The Morgan fingerprint density at radius 2 is 1.51 bits per heavy atom. The van der Waals surface area contributed by atoms with Gasteiger partial charge in [0.05, 0.1) is 0 Å². The minimum Gasteiger partial charge on any atom is -0.426 e. The molecule has 0 bridgehead atoms. The largest absolute Gasteiger partial charge is 0.426 e. The number of hydrogen-bond acceptors (Lipinski definition) is 3. The summed E-state index contributed by atoms with van der Waals surface area (Å²) < 4.78 is 5.89. The Hall–Kier alpha value is -2.39. The molecule has 0 saturated carbocycles. The van der Waals surface area contributed by atoms with Crippen LogP contribution in [0.4, 0.5) is 0 Å². The number of ether oxygens (including phenoxy) is 1. The van der Waals surface area contributed by atoms with Crippen molar-refractivity contribution in [2.45, 2.75) is 103 Å². The summed E-state index contributed by atoms with van der Waals surface area (Å²) in [4.78, 5) is 15.2. The fourth-order valence-electron chi connectivity index (χ4n) is 5.21. The number of hydrogen-bond donors (Lipinski definition) is 0. The van der Waals surface area contributed by atoms with Gasteiger partial charge in [-0.2, -0.15) is 0 Å². The molecule has 0 aliphatic carbocycles. The molecule has 202 valence electrons. The molecule has 3 heteroatoms. The summed E-state index contributed by atoms with van der Waals surface area (Å²) in [5.74, 6) is 0.620. The van der Waals surface area contributed by atoms with Gasteiger partial charge in [-0.15, -0.1) is 0 Å². The third kappa shape index (κ3) is 11.3. The molecule has 0 radical (unpaired) electrons. The van der Waals surface area contributed by atoms with Crippen molar-refractivity contribution in [2.24, 2.45) is 0 Å². The molecule has 0 aromatic heterocycles. The maximum Gasteiger partial charge on any atom is 0.311 e. The molecule has 0 spiro atoms. The Morgan fingerprint density at radius 3 is 2.27 bits per heavy atom. The third-order valence-corrected chi connectivity index (χ3v) is 7.40. The number of carbonyl (C=O) groups excluding carboxylic acids is 1. The van der Waals surface area contributed by atoms with E-state index in [0.29, 0.717) is 6.42 Å². The molecule has 1 aliphatic heterocycles. The van der Waals surface area contributed by atoms with Crippen molar-refractivity contribution in [3.63, 3.8) is 0 Å². The Balaban J connectivity index is 1.31. The van der Waals surface area contributed by atoms with E-state index in [0.717, 1.165) is 55.2 Å².